The standard InChI is InChI=1S/C18H17Cl2N5O2S/c1-11(13-8-7-12(19)9-14(13)20)21-17(26)10-28-18-22-23-24-25(18)15-5-3-4-6-16(15)27-2/h3-9,11H,10H2,1-2H3,(H,21,26). The summed E-state index contributed by atoms with van der Waals surface area (Å²) in [5, 5.41) is 16.1. The van der Waals surface area contributed by atoms with Gasteiger partial charge < -0.3 is 10.1 Å². The zero-order valence-corrected chi connectivity index (χ0v) is 17.4. The van der Waals surface area contributed by atoms with Gasteiger partial charge in [0.2, 0.25) is 11.1 Å². The third kappa shape index (κ3) is 4.76. The van der Waals surface area contributed by atoms with Gasteiger partial charge in [-0.15, -0.1) is 5.10 Å². The molecule has 0 aliphatic heterocycles. The summed E-state index contributed by atoms with van der Waals surface area (Å²) >= 11 is 13.3. The number of nitrogens with one attached hydrogen (secondary N) is 1. The van der Waals surface area contributed by atoms with Gasteiger partial charge in [0, 0.05) is 10.0 Å². The van der Waals surface area contributed by atoms with Crippen LogP contribution in [0.1, 0.15) is 18.5 Å². The number of carbonyl (C=O) groups excluding carboxylic acids is 1. The van der Waals surface area contributed by atoms with E-state index in [-0.39, 0.29) is 17.7 Å². The van der Waals surface area contributed by atoms with E-state index in [1.54, 1.807) is 25.3 Å². The van der Waals surface area contributed by atoms with E-state index in [4.69, 9.17) is 27.9 Å². The summed E-state index contributed by atoms with van der Waals surface area (Å²) in [5.41, 5.74) is 1.49. The monoisotopic (exact) mass is 437 g/mol. The largest absolute Gasteiger partial charge is 0.494 e. The number of aromatic nitrogens is 4. The Morgan fingerprint density at radius 3 is 2.82 bits per heavy atom. The number of amides is 1. The first kappa shape index (κ1) is 20.4. The highest BCUT2D eigenvalue weighted by atomic mass is 35.5. The highest BCUT2D eigenvalue weighted by Gasteiger charge is 2.17. The Kier molecular flexibility index (Phi) is 6.77. The molecule has 3 aromatic rings. The number of hydrogen-bond donors (Lipinski definition) is 1. The van der Waals surface area contributed by atoms with E-state index >= 15 is 0 Å². The fraction of sp³-hybridized carbons (Fsp3) is 0.222. The van der Waals surface area contributed by atoms with Gasteiger partial charge in [-0.25, -0.2) is 0 Å². The van der Waals surface area contributed by atoms with Gasteiger partial charge in [0.25, 0.3) is 0 Å². The molecule has 1 unspecified atom stereocenters. The van der Waals surface area contributed by atoms with Crippen LogP contribution in [-0.2, 0) is 4.79 Å². The quantitative estimate of drug-likeness (QED) is 0.563. The summed E-state index contributed by atoms with van der Waals surface area (Å²) in [7, 11) is 1.58. The third-order valence-electron chi connectivity index (χ3n) is 3.89. The van der Waals surface area contributed by atoms with Crippen LogP contribution in [0.15, 0.2) is 47.6 Å². The van der Waals surface area contributed by atoms with Crippen molar-refractivity contribution in [1.82, 2.24) is 25.5 Å². The number of thioether (sulfide) groups is 1. The Labute approximate surface area is 176 Å². The first-order chi connectivity index (χ1) is 13.5. The first-order valence-electron chi connectivity index (χ1n) is 8.28. The van der Waals surface area contributed by atoms with Crippen molar-refractivity contribution in [1.29, 1.82) is 0 Å². The summed E-state index contributed by atoms with van der Waals surface area (Å²) in [6.45, 7) is 1.86. The molecular weight excluding hydrogens is 421 g/mol. The number of halogens is 2. The van der Waals surface area contributed by atoms with Gasteiger partial charge in [-0.05, 0) is 47.2 Å². The summed E-state index contributed by atoms with van der Waals surface area (Å²) in [6.07, 6.45) is 0. The van der Waals surface area contributed by atoms with Gasteiger partial charge >= 0.3 is 0 Å². The molecule has 1 aromatic heterocycles. The molecule has 0 spiro atoms. The lowest BCUT2D eigenvalue weighted by Crippen LogP contribution is -2.28. The van der Waals surface area contributed by atoms with Gasteiger partial charge in [-0.2, -0.15) is 4.68 Å². The SMILES string of the molecule is COc1ccccc1-n1nnnc1SCC(=O)NC(C)c1ccc(Cl)cc1Cl. The Morgan fingerprint density at radius 2 is 2.07 bits per heavy atom. The molecule has 0 radical (unpaired) electrons. The maximum absolute atomic E-state index is 12.4. The number of rotatable bonds is 7. The second kappa shape index (κ2) is 9.27. The predicted octanol–water partition coefficient (Wildman–Crippen LogP) is 3.95. The lowest BCUT2D eigenvalue weighted by atomic mass is 10.1. The lowest BCUT2D eigenvalue weighted by Gasteiger charge is -2.16. The molecule has 0 fully saturated rings. The predicted molar refractivity (Wildman–Crippen MR) is 109 cm³/mol. The molecule has 0 aliphatic carbocycles. The fourth-order valence-corrected chi connectivity index (χ4v) is 3.84. The van der Waals surface area contributed by atoms with Crippen LogP contribution in [0, 0.1) is 0 Å². The maximum Gasteiger partial charge on any atom is 0.230 e. The molecule has 1 amide bonds. The van der Waals surface area contributed by atoms with Gasteiger partial charge in [-0.1, -0.05) is 53.2 Å². The molecule has 7 nitrogen and oxygen atoms in total. The van der Waals surface area contributed by atoms with E-state index in [1.807, 2.05) is 31.2 Å². The van der Waals surface area contributed by atoms with Crippen molar-refractivity contribution in [3.63, 3.8) is 0 Å². The molecule has 1 N–H and O–H groups in total. The molecule has 2 aromatic carbocycles. The number of nitrogens with zero attached hydrogens (tertiary/aromatic N) is 4. The Balaban J connectivity index is 1.65. The van der Waals surface area contributed by atoms with Crippen molar-refractivity contribution in [3.05, 3.63) is 58.1 Å². The molecule has 146 valence electrons. The minimum Gasteiger partial charge on any atom is -0.494 e. The first-order valence-corrected chi connectivity index (χ1v) is 10.0. The topological polar surface area (TPSA) is 81.9 Å². The molecule has 1 heterocycles. The van der Waals surface area contributed by atoms with Crippen molar-refractivity contribution in [2.75, 3.05) is 12.9 Å². The highest BCUT2D eigenvalue weighted by molar-refractivity contribution is 7.99. The molecule has 10 heteroatoms. The molecule has 0 saturated carbocycles. The number of carbonyl (C=O) groups is 1. The normalized spacial score (nSPS) is 11.9. The van der Waals surface area contributed by atoms with Gasteiger partial charge in [0.15, 0.2) is 0 Å². The maximum atomic E-state index is 12.4. The number of para-hydroxylation sites is 2. The van der Waals surface area contributed by atoms with Crippen molar-refractivity contribution in [3.8, 4) is 11.4 Å². The van der Waals surface area contributed by atoms with Crippen LogP contribution in [0.25, 0.3) is 5.69 Å². The van der Waals surface area contributed by atoms with Gasteiger partial charge in [-0.3, -0.25) is 4.79 Å². The third-order valence-corrected chi connectivity index (χ3v) is 5.37. The molecule has 3 rings (SSSR count). The van der Waals surface area contributed by atoms with E-state index in [0.717, 1.165) is 5.56 Å². The van der Waals surface area contributed by atoms with Crippen molar-refractivity contribution >= 4 is 40.9 Å². The molecule has 28 heavy (non-hydrogen) atoms. The van der Waals surface area contributed by atoms with Gasteiger partial charge in [0.05, 0.1) is 18.9 Å². The fourth-order valence-electron chi connectivity index (χ4n) is 2.57. The Bertz CT molecular complexity index is 982. The van der Waals surface area contributed by atoms with Crippen molar-refractivity contribution in [2.24, 2.45) is 0 Å². The van der Waals surface area contributed by atoms with Crippen molar-refractivity contribution < 1.29 is 9.53 Å². The number of methoxy groups -OCH3 is 1. The zero-order chi connectivity index (χ0) is 20.1. The van der Waals surface area contributed by atoms with E-state index in [9.17, 15) is 4.79 Å². The zero-order valence-electron chi connectivity index (χ0n) is 15.1. The smallest absolute Gasteiger partial charge is 0.230 e. The number of tetrazole rings is 1. The average Bonchev–Trinajstić information content (AvgIpc) is 3.14. The van der Waals surface area contributed by atoms with Crippen LogP contribution in [0.3, 0.4) is 0 Å². The number of hydrogen-bond acceptors (Lipinski definition) is 6. The molecule has 0 aliphatic rings. The minimum absolute atomic E-state index is 0.144. The molecule has 1 atom stereocenters. The second-order valence-electron chi connectivity index (χ2n) is 5.79. The minimum atomic E-state index is -0.261. The van der Waals surface area contributed by atoms with Crippen LogP contribution in [-0.4, -0.2) is 39.0 Å². The summed E-state index contributed by atoms with van der Waals surface area (Å²) in [6, 6.07) is 12.3. The average molecular weight is 438 g/mol. The Morgan fingerprint density at radius 1 is 1.29 bits per heavy atom. The summed E-state index contributed by atoms with van der Waals surface area (Å²) in [4.78, 5) is 12.4. The molecule has 0 saturated heterocycles. The summed E-state index contributed by atoms with van der Waals surface area (Å²) < 4.78 is 6.88. The van der Waals surface area contributed by atoms with Crippen LogP contribution >= 0.6 is 35.0 Å². The van der Waals surface area contributed by atoms with Crippen LogP contribution in [0.2, 0.25) is 10.0 Å². The molecule has 0 bridgehead atoms. The second-order valence-corrected chi connectivity index (χ2v) is 7.57. The highest BCUT2D eigenvalue weighted by Crippen LogP contribution is 2.27. The van der Waals surface area contributed by atoms with E-state index in [2.05, 4.69) is 20.8 Å². The van der Waals surface area contributed by atoms with Crippen LogP contribution < -0.4 is 10.1 Å². The van der Waals surface area contributed by atoms with E-state index in [0.29, 0.717) is 26.6 Å². The number of benzene rings is 2. The van der Waals surface area contributed by atoms with E-state index < -0.39 is 0 Å². The van der Waals surface area contributed by atoms with Crippen molar-refractivity contribution in [2.45, 2.75) is 18.1 Å². The van der Waals surface area contributed by atoms with E-state index in [1.165, 1.54) is 16.4 Å². The van der Waals surface area contributed by atoms with Crippen LogP contribution in [0.5, 0.6) is 5.75 Å². The number of ether oxygens (including phenoxy) is 1. The van der Waals surface area contributed by atoms with Gasteiger partial charge in [0.1, 0.15) is 11.4 Å². The Hall–Kier alpha value is -2.29. The lowest BCUT2D eigenvalue weighted by molar-refractivity contribution is -0.119. The summed E-state index contributed by atoms with van der Waals surface area (Å²) in [5.74, 6) is 0.607. The molecular formula is C18H17Cl2N5O2S. The van der Waals surface area contributed by atoms with Crippen LogP contribution in [0.4, 0.5) is 0 Å².